The number of aryl methyl sites for hydroxylation is 2. The Bertz CT molecular complexity index is 675. The second-order valence-electron chi connectivity index (χ2n) is 5.75. The number of rotatable bonds is 6. The van der Waals surface area contributed by atoms with Gasteiger partial charge in [-0.25, -0.2) is 4.98 Å². The van der Waals surface area contributed by atoms with Gasteiger partial charge in [0.25, 0.3) is 0 Å². The van der Waals surface area contributed by atoms with Gasteiger partial charge < -0.3 is 19.0 Å². The SMILES string of the molecule is O=c1cc(CN2CCOCC2)n(CCCn2ccnc2)cc1O. The number of imidazole rings is 1. The van der Waals surface area contributed by atoms with Crippen LogP contribution in [0.4, 0.5) is 0 Å². The molecule has 0 aliphatic carbocycles. The Morgan fingerprint density at radius 2 is 2.09 bits per heavy atom. The molecule has 0 radical (unpaired) electrons. The summed E-state index contributed by atoms with van der Waals surface area (Å²) in [6.07, 6.45) is 7.92. The monoisotopic (exact) mass is 318 g/mol. The van der Waals surface area contributed by atoms with E-state index in [9.17, 15) is 9.90 Å². The van der Waals surface area contributed by atoms with Crippen LogP contribution in [-0.2, 0) is 24.4 Å². The van der Waals surface area contributed by atoms with Gasteiger partial charge in [0.1, 0.15) is 0 Å². The Balaban J connectivity index is 1.68. The minimum atomic E-state index is -0.320. The van der Waals surface area contributed by atoms with Crippen LogP contribution in [-0.4, -0.2) is 50.4 Å². The van der Waals surface area contributed by atoms with Gasteiger partial charge in [-0.15, -0.1) is 0 Å². The van der Waals surface area contributed by atoms with Crippen molar-refractivity contribution in [3.63, 3.8) is 0 Å². The number of aromatic hydroxyl groups is 1. The third kappa shape index (κ3) is 4.20. The van der Waals surface area contributed by atoms with Gasteiger partial charge in [0.2, 0.25) is 5.43 Å². The number of ether oxygens (including phenoxy) is 1. The number of pyridine rings is 1. The minimum Gasteiger partial charge on any atom is -0.503 e. The lowest BCUT2D eigenvalue weighted by Gasteiger charge is -2.27. The number of hydrogen-bond acceptors (Lipinski definition) is 5. The predicted octanol–water partition coefficient (Wildman–Crippen LogP) is 0.673. The predicted molar refractivity (Wildman–Crippen MR) is 85.3 cm³/mol. The molecule has 0 saturated carbocycles. The van der Waals surface area contributed by atoms with E-state index in [1.165, 1.54) is 0 Å². The summed E-state index contributed by atoms with van der Waals surface area (Å²) in [6, 6.07) is 1.54. The van der Waals surface area contributed by atoms with Crippen molar-refractivity contribution in [2.45, 2.75) is 26.1 Å². The van der Waals surface area contributed by atoms with Gasteiger partial charge in [0, 0.05) is 56.9 Å². The third-order valence-corrected chi connectivity index (χ3v) is 4.06. The summed E-state index contributed by atoms with van der Waals surface area (Å²) in [5, 5.41) is 9.73. The van der Waals surface area contributed by atoms with E-state index in [0.717, 1.165) is 51.5 Å². The Hall–Kier alpha value is -2.12. The summed E-state index contributed by atoms with van der Waals surface area (Å²) in [5.74, 6) is -0.196. The Morgan fingerprint density at radius 1 is 1.26 bits per heavy atom. The highest BCUT2D eigenvalue weighted by molar-refractivity contribution is 5.20. The van der Waals surface area contributed by atoms with E-state index in [1.54, 1.807) is 24.8 Å². The summed E-state index contributed by atoms with van der Waals surface area (Å²) in [5.41, 5.74) is 0.611. The summed E-state index contributed by atoms with van der Waals surface area (Å²) in [6.45, 7) is 5.47. The summed E-state index contributed by atoms with van der Waals surface area (Å²) in [4.78, 5) is 18.1. The molecule has 0 unspecified atom stereocenters. The van der Waals surface area contributed by atoms with Crippen LogP contribution in [0.15, 0.2) is 35.8 Å². The van der Waals surface area contributed by atoms with Crippen LogP contribution in [0.25, 0.3) is 0 Å². The molecular formula is C16H22N4O3. The van der Waals surface area contributed by atoms with Gasteiger partial charge in [0.15, 0.2) is 5.75 Å². The molecule has 2 aromatic heterocycles. The van der Waals surface area contributed by atoms with Crippen molar-refractivity contribution in [2.75, 3.05) is 26.3 Å². The normalized spacial score (nSPS) is 15.8. The Morgan fingerprint density at radius 3 is 2.83 bits per heavy atom. The zero-order valence-corrected chi connectivity index (χ0v) is 13.1. The molecule has 1 aliphatic rings. The fraction of sp³-hybridized carbons (Fsp3) is 0.500. The van der Waals surface area contributed by atoms with Gasteiger partial charge in [-0.05, 0) is 6.42 Å². The third-order valence-electron chi connectivity index (χ3n) is 4.06. The summed E-state index contributed by atoms with van der Waals surface area (Å²) < 4.78 is 9.35. The van der Waals surface area contributed by atoms with Crippen LogP contribution >= 0.6 is 0 Å². The molecule has 3 heterocycles. The highest BCUT2D eigenvalue weighted by atomic mass is 16.5. The average Bonchev–Trinajstić information content (AvgIpc) is 3.06. The second-order valence-corrected chi connectivity index (χ2v) is 5.75. The van der Waals surface area contributed by atoms with E-state index in [2.05, 4.69) is 9.88 Å². The van der Waals surface area contributed by atoms with Crippen molar-refractivity contribution < 1.29 is 9.84 Å². The molecule has 3 rings (SSSR count). The number of morpholine rings is 1. The maximum absolute atomic E-state index is 11.8. The molecule has 0 bridgehead atoms. The Labute approximate surface area is 134 Å². The fourth-order valence-electron chi connectivity index (χ4n) is 2.78. The van der Waals surface area contributed by atoms with E-state index in [4.69, 9.17) is 4.74 Å². The lowest BCUT2D eigenvalue weighted by atomic mass is 10.2. The second kappa shape index (κ2) is 7.43. The van der Waals surface area contributed by atoms with Gasteiger partial charge in [-0.2, -0.15) is 0 Å². The van der Waals surface area contributed by atoms with Crippen molar-refractivity contribution in [1.82, 2.24) is 19.0 Å². The van der Waals surface area contributed by atoms with Crippen molar-refractivity contribution in [1.29, 1.82) is 0 Å². The molecule has 7 heteroatoms. The van der Waals surface area contributed by atoms with Crippen molar-refractivity contribution in [3.8, 4) is 5.75 Å². The molecule has 1 saturated heterocycles. The van der Waals surface area contributed by atoms with E-state index < -0.39 is 0 Å². The Kier molecular flexibility index (Phi) is 5.09. The highest BCUT2D eigenvalue weighted by Crippen LogP contribution is 2.11. The topological polar surface area (TPSA) is 72.5 Å². The van der Waals surface area contributed by atoms with E-state index >= 15 is 0 Å². The molecule has 1 aliphatic heterocycles. The lowest BCUT2D eigenvalue weighted by molar-refractivity contribution is 0.0330. The van der Waals surface area contributed by atoms with Gasteiger partial charge in [-0.3, -0.25) is 9.69 Å². The van der Waals surface area contributed by atoms with Crippen LogP contribution in [0.5, 0.6) is 5.75 Å². The molecule has 23 heavy (non-hydrogen) atoms. The number of nitrogens with zero attached hydrogens (tertiary/aromatic N) is 4. The lowest BCUT2D eigenvalue weighted by Crippen LogP contribution is -2.36. The molecule has 1 fully saturated rings. The largest absolute Gasteiger partial charge is 0.503 e. The molecule has 0 spiro atoms. The first-order valence-electron chi connectivity index (χ1n) is 7.90. The van der Waals surface area contributed by atoms with E-state index in [1.807, 2.05) is 15.3 Å². The van der Waals surface area contributed by atoms with Gasteiger partial charge in [0.05, 0.1) is 25.7 Å². The van der Waals surface area contributed by atoms with Crippen LogP contribution in [0.3, 0.4) is 0 Å². The molecule has 7 nitrogen and oxygen atoms in total. The van der Waals surface area contributed by atoms with E-state index in [0.29, 0.717) is 6.54 Å². The van der Waals surface area contributed by atoms with Gasteiger partial charge >= 0.3 is 0 Å². The molecule has 2 aromatic rings. The summed E-state index contributed by atoms with van der Waals surface area (Å²) >= 11 is 0. The molecular weight excluding hydrogens is 296 g/mol. The van der Waals surface area contributed by atoms with Crippen LogP contribution in [0, 0.1) is 0 Å². The van der Waals surface area contributed by atoms with Crippen LogP contribution in [0.1, 0.15) is 12.1 Å². The number of hydrogen-bond donors (Lipinski definition) is 1. The highest BCUT2D eigenvalue weighted by Gasteiger charge is 2.14. The first-order chi connectivity index (χ1) is 11.2. The smallest absolute Gasteiger partial charge is 0.223 e. The number of aromatic nitrogens is 3. The maximum atomic E-state index is 11.8. The average molecular weight is 318 g/mol. The molecule has 0 amide bonds. The first kappa shape index (κ1) is 15.8. The van der Waals surface area contributed by atoms with Crippen molar-refractivity contribution in [3.05, 3.63) is 46.9 Å². The van der Waals surface area contributed by atoms with Crippen molar-refractivity contribution >= 4 is 0 Å². The molecule has 1 N–H and O–H groups in total. The molecule has 0 atom stereocenters. The fourth-order valence-corrected chi connectivity index (χ4v) is 2.78. The quantitative estimate of drug-likeness (QED) is 0.848. The maximum Gasteiger partial charge on any atom is 0.223 e. The van der Waals surface area contributed by atoms with Crippen LogP contribution < -0.4 is 5.43 Å². The minimum absolute atomic E-state index is 0.196. The standard InChI is InChI=1S/C16H22N4O3/c21-15-10-14(11-18-6-8-23-9-7-18)20(12-16(15)22)4-1-3-19-5-2-17-13-19/h2,5,10,12-13,22H,1,3-4,6-9,11H2. The summed E-state index contributed by atoms with van der Waals surface area (Å²) in [7, 11) is 0. The van der Waals surface area contributed by atoms with Crippen LogP contribution in [0.2, 0.25) is 0 Å². The zero-order chi connectivity index (χ0) is 16.1. The van der Waals surface area contributed by atoms with Crippen molar-refractivity contribution in [2.24, 2.45) is 0 Å². The van der Waals surface area contributed by atoms with E-state index in [-0.39, 0.29) is 11.2 Å². The van der Waals surface area contributed by atoms with Gasteiger partial charge in [-0.1, -0.05) is 0 Å². The molecule has 124 valence electrons. The molecule has 0 aromatic carbocycles. The zero-order valence-electron chi connectivity index (χ0n) is 13.1. The first-order valence-corrected chi connectivity index (χ1v) is 7.90.